The molecule has 1 saturated heterocycles. The van der Waals surface area contributed by atoms with Crippen LogP contribution in [0.25, 0.3) is 10.8 Å². The highest BCUT2D eigenvalue weighted by Gasteiger charge is 2.71. The van der Waals surface area contributed by atoms with Gasteiger partial charge >= 0.3 is 5.97 Å². The van der Waals surface area contributed by atoms with Gasteiger partial charge in [0.25, 0.3) is 0 Å². The highest BCUT2D eigenvalue weighted by atomic mass is 16.5. The van der Waals surface area contributed by atoms with E-state index in [4.69, 9.17) is 4.74 Å². The number of carbonyl (C=O) groups excluding carboxylic acids is 2. The van der Waals surface area contributed by atoms with Gasteiger partial charge in [0.15, 0.2) is 0 Å². The minimum absolute atomic E-state index is 0.0287. The maximum absolute atomic E-state index is 12.6. The van der Waals surface area contributed by atoms with Crippen LogP contribution >= 0.6 is 0 Å². The average molecular weight is 340 g/mol. The number of carbonyl (C=O) groups is 2. The molecule has 1 aliphatic carbocycles. The van der Waals surface area contributed by atoms with Crippen molar-refractivity contribution in [3.05, 3.63) is 48.0 Å². The molecule has 0 spiro atoms. The Bertz CT molecular complexity index is 862. The van der Waals surface area contributed by atoms with E-state index in [0.29, 0.717) is 6.42 Å². The van der Waals surface area contributed by atoms with Crippen LogP contribution in [0.3, 0.4) is 0 Å². The summed E-state index contributed by atoms with van der Waals surface area (Å²) >= 11 is 0. The van der Waals surface area contributed by atoms with Crippen LogP contribution < -0.4 is 0 Å². The summed E-state index contributed by atoms with van der Waals surface area (Å²) in [5, 5.41) is 22.3. The lowest BCUT2D eigenvalue weighted by Gasteiger charge is -2.31. The average Bonchev–Trinajstić information content (AvgIpc) is 3.03. The van der Waals surface area contributed by atoms with Crippen molar-refractivity contribution in [2.75, 3.05) is 13.2 Å². The molecule has 5 nitrogen and oxygen atoms in total. The van der Waals surface area contributed by atoms with E-state index in [2.05, 4.69) is 0 Å². The van der Waals surface area contributed by atoms with Gasteiger partial charge in [-0.25, -0.2) is 0 Å². The predicted molar refractivity (Wildman–Crippen MR) is 90.8 cm³/mol. The Kier molecular flexibility index (Phi) is 3.49. The number of cyclic esters (lactones) is 1. The predicted octanol–water partition coefficient (Wildman–Crippen LogP) is 1.63. The van der Waals surface area contributed by atoms with Gasteiger partial charge in [0.2, 0.25) is 0 Å². The second kappa shape index (κ2) is 5.38. The Morgan fingerprint density at radius 3 is 2.60 bits per heavy atom. The van der Waals surface area contributed by atoms with Gasteiger partial charge in [-0.3, -0.25) is 4.79 Å². The maximum Gasteiger partial charge on any atom is 0.313 e. The standard InChI is InChI=1S/C20H20O5/c21-11-18-9-19(24,12-22)10-20(18,17(23)25-13-18)8-14-5-6-15-3-1-2-4-16(15)7-14/h1-7,11,22,24H,8-10,12-13H2/t18-,19+,20-/m1/s1. The van der Waals surface area contributed by atoms with Crippen molar-refractivity contribution in [3.8, 4) is 0 Å². The van der Waals surface area contributed by atoms with Crippen molar-refractivity contribution in [1.82, 2.24) is 0 Å². The second-order valence-electron chi connectivity index (χ2n) is 7.53. The molecule has 3 atom stereocenters. The largest absolute Gasteiger partial charge is 0.464 e. The lowest BCUT2D eigenvalue weighted by atomic mass is 9.65. The number of hydrogen-bond donors (Lipinski definition) is 2. The van der Waals surface area contributed by atoms with E-state index >= 15 is 0 Å². The van der Waals surface area contributed by atoms with Crippen molar-refractivity contribution in [1.29, 1.82) is 0 Å². The number of aliphatic hydroxyl groups excluding tert-OH is 1. The van der Waals surface area contributed by atoms with E-state index in [1.54, 1.807) is 0 Å². The van der Waals surface area contributed by atoms with E-state index in [-0.39, 0.29) is 19.4 Å². The van der Waals surface area contributed by atoms with Gasteiger partial charge in [0.05, 0.1) is 23.0 Å². The first kappa shape index (κ1) is 16.2. The Hall–Kier alpha value is -2.24. The number of fused-ring (bicyclic) bond motifs is 2. The summed E-state index contributed by atoms with van der Waals surface area (Å²) in [6.45, 7) is -0.513. The number of aliphatic hydroxyl groups is 2. The zero-order valence-corrected chi connectivity index (χ0v) is 13.8. The molecule has 4 rings (SSSR count). The van der Waals surface area contributed by atoms with Gasteiger partial charge < -0.3 is 19.7 Å². The van der Waals surface area contributed by atoms with Gasteiger partial charge in [0.1, 0.15) is 12.9 Å². The third-order valence-electron chi connectivity index (χ3n) is 5.92. The van der Waals surface area contributed by atoms with Crippen molar-refractivity contribution in [2.24, 2.45) is 10.8 Å². The van der Waals surface area contributed by atoms with Crippen LogP contribution in [0.15, 0.2) is 42.5 Å². The minimum Gasteiger partial charge on any atom is -0.464 e. The third-order valence-corrected chi connectivity index (χ3v) is 5.92. The van der Waals surface area contributed by atoms with Crippen LogP contribution in [-0.2, 0) is 20.7 Å². The Morgan fingerprint density at radius 2 is 1.88 bits per heavy atom. The smallest absolute Gasteiger partial charge is 0.313 e. The molecule has 1 saturated carbocycles. The van der Waals surface area contributed by atoms with Crippen molar-refractivity contribution >= 4 is 23.0 Å². The van der Waals surface area contributed by atoms with Gasteiger partial charge in [0, 0.05) is 0 Å². The van der Waals surface area contributed by atoms with E-state index in [9.17, 15) is 19.8 Å². The molecule has 2 aliphatic rings. The Labute approximate surface area is 145 Å². The van der Waals surface area contributed by atoms with Crippen LogP contribution in [0.4, 0.5) is 0 Å². The van der Waals surface area contributed by atoms with Crippen LogP contribution in [0, 0.1) is 10.8 Å². The highest BCUT2D eigenvalue weighted by Crippen LogP contribution is 2.61. The lowest BCUT2D eigenvalue weighted by molar-refractivity contribution is -0.149. The summed E-state index contributed by atoms with van der Waals surface area (Å²) in [5.41, 5.74) is -2.75. The first-order valence-electron chi connectivity index (χ1n) is 8.40. The number of aldehydes is 1. The molecule has 2 N–H and O–H groups in total. The number of rotatable bonds is 4. The van der Waals surface area contributed by atoms with Gasteiger partial charge in [-0.2, -0.15) is 0 Å². The zero-order valence-electron chi connectivity index (χ0n) is 13.8. The van der Waals surface area contributed by atoms with Gasteiger partial charge in [-0.1, -0.05) is 42.5 Å². The molecule has 0 unspecified atom stereocenters. The molecule has 1 aliphatic heterocycles. The molecular formula is C20H20O5. The summed E-state index contributed by atoms with van der Waals surface area (Å²) in [6, 6.07) is 13.8. The van der Waals surface area contributed by atoms with E-state index in [1.165, 1.54) is 0 Å². The van der Waals surface area contributed by atoms with E-state index < -0.39 is 29.0 Å². The van der Waals surface area contributed by atoms with Crippen molar-refractivity contribution in [2.45, 2.75) is 24.9 Å². The van der Waals surface area contributed by atoms with Crippen molar-refractivity contribution in [3.63, 3.8) is 0 Å². The van der Waals surface area contributed by atoms with Gasteiger partial charge in [-0.15, -0.1) is 0 Å². The summed E-state index contributed by atoms with van der Waals surface area (Å²) in [4.78, 5) is 24.6. The molecule has 25 heavy (non-hydrogen) atoms. The Balaban J connectivity index is 1.79. The molecule has 1 heterocycles. The molecule has 2 fully saturated rings. The molecule has 2 aromatic carbocycles. The van der Waals surface area contributed by atoms with Crippen LogP contribution in [0.5, 0.6) is 0 Å². The molecule has 130 valence electrons. The summed E-state index contributed by atoms with van der Waals surface area (Å²) in [6.07, 6.45) is 1.12. The minimum atomic E-state index is -1.43. The third kappa shape index (κ3) is 2.23. The topological polar surface area (TPSA) is 83.8 Å². The molecule has 2 aromatic rings. The molecular weight excluding hydrogens is 320 g/mol. The number of benzene rings is 2. The number of hydrogen-bond acceptors (Lipinski definition) is 5. The fraction of sp³-hybridized carbons (Fsp3) is 0.400. The van der Waals surface area contributed by atoms with Crippen LogP contribution in [-0.4, -0.2) is 41.3 Å². The van der Waals surface area contributed by atoms with E-state index in [0.717, 1.165) is 22.6 Å². The van der Waals surface area contributed by atoms with Crippen molar-refractivity contribution < 1.29 is 24.5 Å². The summed E-state index contributed by atoms with van der Waals surface area (Å²) in [5.74, 6) is -0.461. The monoisotopic (exact) mass is 340 g/mol. The fourth-order valence-corrected chi connectivity index (χ4v) is 4.66. The maximum atomic E-state index is 12.6. The number of ether oxygens (including phenoxy) is 1. The first-order chi connectivity index (χ1) is 12.0. The molecule has 5 heteroatoms. The zero-order chi connectivity index (χ0) is 17.7. The second-order valence-corrected chi connectivity index (χ2v) is 7.53. The summed E-state index contributed by atoms with van der Waals surface area (Å²) < 4.78 is 5.25. The molecule has 0 bridgehead atoms. The van der Waals surface area contributed by atoms with Gasteiger partial charge in [-0.05, 0) is 35.6 Å². The number of esters is 1. The highest BCUT2D eigenvalue weighted by molar-refractivity contribution is 5.89. The SMILES string of the molecule is O=C[C@]12COC(=O)[C@@]1(Cc1ccc3ccccc3c1)C[C@](O)(CO)C2. The quantitative estimate of drug-likeness (QED) is 0.653. The fourth-order valence-electron chi connectivity index (χ4n) is 4.66. The van der Waals surface area contributed by atoms with Crippen LogP contribution in [0.1, 0.15) is 18.4 Å². The van der Waals surface area contributed by atoms with E-state index in [1.807, 2.05) is 42.5 Å². The molecule has 0 radical (unpaired) electrons. The molecule has 0 amide bonds. The lowest BCUT2D eigenvalue weighted by Crippen LogP contribution is -2.41. The Morgan fingerprint density at radius 1 is 1.12 bits per heavy atom. The normalized spacial score (nSPS) is 34.1. The molecule has 0 aromatic heterocycles. The first-order valence-corrected chi connectivity index (χ1v) is 8.40. The summed E-state index contributed by atoms with van der Waals surface area (Å²) in [7, 11) is 0. The van der Waals surface area contributed by atoms with Crippen LogP contribution in [0.2, 0.25) is 0 Å².